The molecule has 1 aromatic rings. The number of benzene rings is 1. The van der Waals surface area contributed by atoms with Gasteiger partial charge in [0.1, 0.15) is 0 Å². The lowest BCUT2D eigenvalue weighted by Crippen LogP contribution is -2.31. The highest BCUT2D eigenvalue weighted by atomic mass is 14.9. The molecule has 1 fully saturated rings. The quantitative estimate of drug-likeness (QED) is 0.826. The first-order chi connectivity index (χ1) is 9.04. The maximum absolute atomic E-state index is 3.77. The third-order valence-electron chi connectivity index (χ3n) is 4.83. The first-order valence-corrected chi connectivity index (χ1v) is 7.85. The van der Waals surface area contributed by atoms with Crippen LogP contribution in [0.3, 0.4) is 0 Å². The van der Waals surface area contributed by atoms with E-state index in [9.17, 15) is 0 Å². The number of nitrogens with one attached hydrogen (secondary N) is 1. The van der Waals surface area contributed by atoms with E-state index in [2.05, 4.69) is 52.1 Å². The van der Waals surface area contributed by atoms with Gasteiger partial charge in [0, 0.05) is 6.04 Å². The van der Waals surface area contributed by atoms with Gasteiger partial charge in [0.05, 0.1) is 0 Å². The minimum absolute atomic E-state index is 0.545. The van der Waals surface area contributed by atoms with Gasteiger partial charge in [0.25, 0.3) is 0 Å². The molecule has 0 aromatic heterocycles. The second-order valence-electron chi connectivity index (χ2n) is 6.42. The van der Waals surface area contributed by atoms with E-state index in [1.54, 1.807) is 5.56 Å². The Hall–Kier alpha value is -0.820. The van der Waals surface area contributed by atoms with Crippen LogP contribution in [0, 0.1) is 32.6 Å². The monoisotopic (exact) mass is 259 g/mol. The molecule has 0 bridgehead atoms. The topological polar surface area (TPSA) is 12.0 Å². The van der Waals surface area contributed by atoms with Crippen LogP contribution in [-0.4, -0.2) is 6.54 Å². The van der Waals surface area contributed by atoms with Gasteiger partial charge in [-0.05, 0) is 62.3 Å². The predicted octanol–water partition coefficient (Wildman–Crippen LogP) is 4.70. The molecule has 2 rings (SSSR count). The average molecular weight is 259 g/mol. The van der Waals surface area contributed by atoms with Gasteiger partial charge in [-0.1, -0.05) is 44.4 Å². The summed E-state index contributed by atoms with van der Waals surface area (Å²) in [5, 5.41) is 3.77. The maximum Gasteiger partial charge on any atom is 0.0356 e. The molecule has 0 radical (unpaired) electrons. The summed E-state index contributed by atoms with van der Waals surface area (Å²) in [6, 6.07) is 5.22. The third kappa shape index (κ3) is 3.02. The number of rotatable bonds is 4. The molecule has 1 N–H and O–H groups in total. The molecular weight excluding hydrogens is 230 g/mol. The Balaban J connectivity index is 2.38. The van der Waals surface area contributed by atoms with E-state index in [-0.39, 0.29) is 0 Å². The van der Waals surface area contributed by atoms with E-state index in [1.807, 2.05) is 0 Å². The van der Waals surface area contributed by atoms with Crippen molar-refractivity contribution >= 4 is 0 Å². The lowest BCUT2D eigenvalue weighted by Gasteiger charge is -2.31. The van der Waals surface area contributed by atoms with E-state index in [4.69, 9.17) is 0 Å². The zero-order valence-electron chi connectivity index (χ0n) is 13.2. The summed E-state index contributed by atoms with van der Waals surface area (Å²) in [7, 11) is 0. The minimum atomic E-state index is 0.545. The molecule has 0 saturated heterocycles. The van der Waals surface area contributed by atoms with Gasteiger partial charge in [-0.15, -0.1) is 0 Å². The molecule has 0 amide bonds. The van der Waals surface area contributed by atoms with Crippen molar-refractivity contribution in [1.29, 1.82) is 0 Å². The lowest BCUT2D eigenvalue weighted by molar-refractivity contribution is 0.304. The molecule has 3 atom stereocenters. The van der Waals surface area contributed by atoms with Crippen molar-refractivity contribution in [3.05, 3.63) is 34.4 Å². The molecule has 1 heteroatoms. The standard InChI is InChI=1S/C18H29N/c1-6-19-18(16-9-7-8-13(16)3)17-14(4)10-12(2)11-15(17)5/h10-11,13,16,18-19H,6-9H2,1-5H3. The zero-order valence-corrected chi connectivity index (χ0v) is 13.2. The molecule has 106 valence electrons. The van der Waals surface area contributed by atoms with Gasteiger partial charge >= 0.3 is 0 Å². The molecule has 19 heavy (non-hydrogen) atoms. The van der Waals surface area contributed by atoms with Crippen molar-refractivity contribution in [3.8, 4) is 0 Å². The van der Waals surface area contributed by atoms with Crippen LogP contribution >= 0.6 is 0 Å². The van der Waals surface area contributed by atoms with Crippen LogP contribution in [0.25, 0.3) is 0 Å². The molecule has 1 nitrogen and oxygen atoms in total. The normalized spacial score (nSPS) is 24.7. The highest BCUT2D eigenvalue weighted by Gasteiger charge is 2.32. The predicted molar refractivity (Wildman–Crippen MR) is 83.6 cm³/mol. The summed E-state index contributed by atoms with van der Waals surface area (Å²) < 4.78 is 0. The van der Waals surface area contributed by atoms with E-state index in [0.29, 0.717) is 6.04 Å². The summed E-state index contributed by atoms with van der Waals surface area (Å²) in [6.07, 6.45) is 4.18. The summed E-state index contributed by atoms with van der Waals surface area (Å²) in [4.78, 5) is 0. The Kier molecular flexibility index (Phi) is 4.67. The van der Waals surface area contributed by atoms with Crippen molar-refractivity contribution in [2.45, 2.75) is 59.9 Å². The van der Waals surface area contributed by atoms with Crippen LogP contribution < -0.4 is 5.32 Å². The van der Waals surface area contributed by atoms with E-state index >= 15 is 0 Å². The highest BCUT2D eigenvalue weighted by molar-refractivity contribution is 5.40. The second kappa shape index (κ2) is 6.09. The van der Waals surface area contributed by atoms with Crippen molar-refractivity contribution in [1.82, 2.24) is 5.32 Å². The van der Waals surface area contributed by atoms with Crippen molar-refractivity contribution < 1.29 is 0 Å². The Labute approximate surface area is 118 Å². The molecule has 1 aromatic carbocycles. The largest absolute Gasteiger partial charge is 0.310 e. The van der Waals surface area contributed by atoms with Gasteiger partial charge in [0.15, 0.2) is 0 Å². The summed E-state index contributed by atoms with van der Waals surface area (Å²) in [5.74, 6) is 1.66. The molecule has 0 heterocycles. The summed E-state index contributed by atoms with van der Waals surface area (Å²) in [5.41, 5.74) is 5.87. The Morgan fingerprint density at radius 1 is 1.16 bits per heavy atom. The van der Waals surface area contributed by atoms with Crippen LogP contribution in [0.1, 0.15) is 61.4 Å². The van der Waals surface area contributed by atoms with Crippen LogP contribution in [0.2, 0.25) is 0 Å². The molecule has 3 unspecified atom stereocenters. The van der Waals surface area contributed by atoms with Gasteiger partial charge < -0.3 is 5.32 Å². The first-order valence-electron chi connectivity index (χ1n) is 7.85. The Morgan fingerprint density at radius 3 is 2.26 bits per heavy atom. The van der Waals surface area contributed by atoms with Crippen LogP contribution in [0.5, 0.6) is 0 Å². The fraction of sp³-hybridized carbons (Fsp3) is 0.667. The molecule has 1 aliphatic carbocycles. The molecule has 0 aliphatic heterocycles. The fourth-order valence-electron chi connectivity index (χ4n) is 4.04. The van der Waals surface area contributed by atoms with Gasteiger partial charge in [0.2, 0.25) is 0 Å². The van der Waals surface area contributed by atoms with Crippen molar-refractivity contribution in [3.63, 3.8) is 0 Å². The average Bonchev–Trinajstić information content (AvgIpc) is 2.73. The van der Waals surface area contributed by atoms with Gasteiger partial charge in [-0.2, -0.15) is 0 Å². The number of hydrogen-bond donors (Lipinski definition) is 1. The number of hydrogen-bond acceptors (Lipinski definition) is 1. The molecule has 0 spiro atoms. The van der Waals surface area contributed by atoms with Crippen molar-refractivity contribution in [2.24, 2.45) is 11.8 Å². The van der Waals surface area contributed by atoms with Crippen LogP contribution in [0.4, 0.5) is 0 Å². The van der Waals surface area contributed by atoms with Gasteiger partial charge in [-0.3, -0.25) is 0 Å². The molecule has 1 aliphatic rings. The van der Waals surface area contributed by atoms with E-state index in [1.165, 1.54) is 36.0 Å². The smallest absolute Gasteiger partial charge is 0.0356 e. The summed E-state index contributed by atoms with van der Waals surface area (Å²) in [6.45, 7) is 12.5. The maximum atomic E-state index is 3.77. The molecular formula is C18H29N. The highest BCUT2D eigenvalue weighted by Crippen LogP contribution is 2.41. The third-order valence-corrected chi connectivity index (χ3v) is 4.83. The Morgan fingerprint density at radius 2 is 1.79 bits per heavy atom. The van der Waals surface area contributed by atoms with E-state index in [0.717, 1.165) is 18.4 Å². The van der Waals surface area contributed by atoms with Gasteiger partial charge in [-0.25, -0.2) is 0 Å². The second-order valence-corrected chi connectivity index (χ2v) is 6.42. The first kappa shape index (κ1) is 14.6. The van der Waals surface area contributed by atoms with Crippen LogP contribution in [-0.2, 0) is 0 Å². The minimum Gasteiger partial charge on any atom is -0.310 e. The lowest BCUT2D eigenvalue weighted by atomic mass is 9.82. The summed E-state index contributed by atoms with van der Waals surface area (Å²) >= 11 is 0. The van der Waals surface area contributed by atoms with E-state index < -0.39 is 0 Å². The van der Waals surface area contributed by atoms with Crippen molar-refractivity contribution in [2.75, 3.05) is 6.54 Å². The fourth-order valence-corrected chi connectivity index (χ4v) is 4.04. The molecule has 1 saturated carbocycles. The van der Waals surface area contributed by atoms with Crippen LogP contribution in [0.15, 0.2) is 12.1 Å². The zero-order chi connectivity index (χ0) is 14.0. The number of aryl methyl sites for hydroxylation is 3. The SMILES string of the molecule is CCNC(c1c(C)cc(C)cc1C)C1CCCC1C. The Bertz CT molecular complexity index is 412.